The summed E-state index contributed by atoms with van der Waals surface area (Å²) in [6.45, 7) is 3.86. The maximum absolute atomic E-state index is 4.18. The smallest absolute Gasteiger partial charge is 0.0833 e. The second-order valence-electron chi connectivity index (χ2n) is 3.54. The maximum atomic E-state index is 4.18. The van der Waals surface area contributed by atoms with Gasteiger partial charge in [0.25, 0.3) is 0 Å². The third-order valence-electron chi connectivity index (χ3n) is 2.33. The van der Waals surface area contributed by atoms with Gasteiger partial charge < -0.3 is 15.4 Å². The van der Waals surface area contributed by atoms with Gasteiger partial charge in [-0.05, 0) is 38.1 Å². The predicted molar refractivity (Wildman–Crippen MR) is 69.6 cm³/mol. The van der Waals surface area contributed by atoms with Crippen LogP contribution in [0.2, 0.25) is 0 Å². The molecular formula is C12H16N4O. The van der Waals surface area contributed by atoms with E-state index in [1.807, 2.05) is 50.5 Å². The van der Waals surface area contributed by atoms with Gasteiger partial charge in [-0.1, -0.05) is 0 Å². The second-order valence-corrected chi connectivity index (χ2v) is 3.54. The van der Waals surface area contributed by atoms with Crippen LogP contribution in [0.1, 0.15) is 25.2 Å². The quantitative estimate of drug-likeness (QED) is 0.596. The molecule has 0 aliphatic heterocycles. The first-order valence-electron chi connectivity index (χ1n) is 5.14. The Hall–Kier alpha value is -2.14. The average molecular weight is 232 g/mol. The zero-order valence-electron chi connectivity index (χ0n) is 9.86. The molecule has 0 saturated carbocycles. The highest BCUT2D eigenvalue weighted by atomic mass is 16.0. The molecule has 2 aromatic heterocycles. The molecule has 17 heavy (non-hydrogen) atoms. The van der Waals surface area contributed by atoms with E-state index in [2.05, 4.69) is 20.2 Å². The summed E-state index contributed by atoms with van der Waals surface area (Å²) in [6, 6.07) is 7.82. The molecule has 0 spiro atoms. The summed E-state index contributed by atoms with van der Waals surface area (Å²) < 4.78 is 0. The minimum atomic E-state index is 0. The fraction of sp³-hybridized carbons (Fsp3) is 0.167. The highest BCUT2D eigenvalue weighted by Gasteiger charge is 1.98. The third-order valence-corrected chi connectivity index (χ3v) is 2.33. The van der Waals surface area contributed by atoms with Crippen molar-refractivity contribution in [2.75, 3.05) is 0 Å². The van der Waals surface area contributed by atoms with Crippen LogP contribution in [0.5, 0.6) is 0 Å². The predicted octanol–water partition coefficient (Wildman–Crippen LogP) is 1.75. The van der Waals surface area contributed by atoms with Gasteiger partial charge in [0.2, 0.25) is 0 Å². The Morgan fingerprint density at radius 1 is 0.882 bits per heavy atom. The van der Waals surface area contributed by atoms with Crippen LogP contribution in [0.4, 0.5) is 0 Å². The summed E-state index contributed by atoms with van der Waals surface area (Å²) in [5.74, 6) is 0. The molecular weight excluding hydrogens is 216 g/mol. The van der Waals surface area contributed by atoms with Crippen LogP contribution in [0, 0.1) is 0 Å². The molecule has 2 heterocycles. The van der Waals surface area contributed by atoms with Gasteiger partial charge in [0.05, 0.1) is 22.8 Å². The van der Waals surface area contributed by atoms with Gasteiger partial charge in [0, 0.05) is 12.4 Å². The van der Waals surface area contributed by atoms with Crippen LogP contribution < -0.4 is 0 Å². The zero-order chi connectivity index (χ0) is 11.4. The highest BCUT2D eigenvalue weighted by molar-refractivity contribution is 6.00. The van der Waals surface area contributed by atoms with Crippen LogP contribution in [-0.4, -0.2) is 26.9 Å². The molecule has 0 amide bonds. The summed E-state index contributed by atoms with van der Waals surface area (Å²) in [5, 5.41) is 8.35. The van der Waals surface area contributed by atoms with Gasteiger partial charge in [-0.3, -0.25) is 0 Å². The van der Waals surface area contributed by atoms with Crippen LogP contribution in [-0.2, 0) is 0 Å². The molecule has 0 bridgehead atoms. The maximum Gasteiger partial charge on any atom is 0.0833 e. The fourth-order valence-corrected chi connectivity index (χ4v) is 1.37. The number of H-pyrrole nitrogens is 2. The van der Waals surface area contributed by atoms with Crippen molar-refractivity contribution in [2.45, 2.75) is 13.8 Å². The van der Waals surface area contributed by atoms with Crippen molar-refractivity contribution in [2.24, 2.45) is 10.2 Å². The number of aromatic nitrogens is 2. The number of rotatable bonds is 3. The monoisotopic (exact) mass is 232 g/mol. The summed E-state index contributed by atoms with van der Waals surface area (Å²) in [6.07, 6.45) is 3.74. The number of hydrogen-bond donors (Lipinski definition) is 2. The standard InChI is InChI=1S/C12H14N4.H2O/c1-9(11-5-3-7-13-11)15-16-10(2)12-6-4-8-14-12;/h3-8,13-14H,1-2H3;1H2. The van der Waals surface area contributed by atoms with Gasteiger partial charge >= 0.3 is 0 Å². The van der Waals surface area contributed by atoms with Crippen LogP contribution in [0.15, 0.2) is 46.9 Å². The molecule has 4 N–H and O–H groups in total. The van der Waals surface area contributed by atoms with Gasteiger partial charge in [0.15, 0.2) is 0 Å². The summed E-state index contributed by atoms with van der Waals surface area (Å²) in [4.78, 5) is 6.18. The zero-order valence-corrected chi connectivity index (χ0v) is 9.86. The lowest BCUT2D eigenvalue weighted by atomic mass is 10.3. The van der Waals surface area contributed by atoms with E-state index in [-0.39, 0.29) is 5.48 Å². The molecule has 0 aliphatic rings. The molecule has 5 nitrogen and oxygen atoms in total. The molecule has 2 aromatic rings. The van der Waals surface area contributed by atoms with Crippen molar-refractivity contribution in [1.29, 1.82) is 0 Å². The number of hydrogen-bond acceptors (Lipinski definition) is 2. The van der Waals surface area contributed by atoms with E-state index in [1.54, 1.807) is 0 Å². The molecule has 0 aliphatic carbocycles. The number of nitrogens with one attached hydrogen (secondary N) is 2. The second kappa shape index (κ2) is 5.81. The SMILES string of the molecule is CC(=NN=C(C)c1ccc[nH]1)c1ccc[nH]1.O. The van der Waals surface area contributed by atoms with Gasteiger partial charge in [-0.15, -0.1) is 0 Å². The van der Waals surface area contributed by atoms with Crippen molar-refractivity contribution in [3.05, 3.63) is 48.0 Å². The average Bonchev–Trinajstić information content (AvgIpc) is 2.95. The Morgan fingerprint density at radius 2 is 1.29 bits per heavy atom. The van der Waals surface area contributed by atoms with Gasteiger partial charge in [-0.2, -0.15) is 10.2 Å². The molecule has 0 aromatic carbocycles. The molecule has 0 saturated heterocycles. The highest BCUT2D eigenvalue weighted by Crippen LogP contribution is 2.00. The Bertz CT molecular complexity index is 446. The first-order chi connectivity index (χ1) is 7.77. The van der Waals surface area contributed by atoms with Crippen molar-refractivity contribution in [3.63, 3.8) is 0 Å². The van der Waals surface area contributed by atoms with E-state index >= 15 is 0 Å². The van der Waals surface area contributed by atoms with Crippen molar-refractivity contribution >= 4 is 11.4 Å². The molecule has 5 heteroatoms. The first-order valence-corrected chi connectivity index (χ1v) is 5.14. The van der Waals surface area contributed by atoms with E-state index in [4.69, 9.17) is 0 Å². The Kier molecular flexibility index (Phi) is 4.42. The van der Waals surface area contributed by atoms with Gasteiger partial charge in [-0.25, -0.2) is 0 Å². The Balaban J connectivity index is 0.00000144. The van der Waals surface area contributed by atoms with E-state index in [0.29, 0.717) is 0 Å². The van der Waals surface area contributed by atoms with Crippen LogP contribution >= 0.6 is 0 Å². The van der Waals surface area contributed by atoms with E-state index in [9.17, 15) is 0 Å². The lowest BCUT2D eigenvalue weighted by Gasteiger charge is -1.95. The first kappa shape index (κ1) is 12.9. The molecule has 90 valence electrons. The fourth-order valence-electron chi connectivity index (χ4n) is 1.37. The topological polar surface area (TPSA) is 87.8 Å². The van der Waals surface area contributed by atoms with Crippen molar-refractivity contribution < 1.29 is 5.48 Å². The minimum Gasteiger partial charge on any atom is -0.412 e. The molecule has 0 atom stereocenters. The Labute approximate surface area is 99.6 Å². The molecule has 0 fully saturated rings. The number of nitrogens with zero attached hydrogens (tertiary/aromatic N) is 2. The number of aromatic amines is 2. The summed E-state index contributed by atoms with van der Waals surface area (Å²) in [7, 11) is 0. The van der Waals surface area contributed by atoms with E-state index in [1.165, 1.54) is 0 Å². The van der Waals surface area contributed by atoms with Crippen molar-refractivity contribution in [1.82, 2.24) is 9.97 Å². The Morgan fingerprint density at radius 3 is 1.59 bits per heavy atom. The lowest BCUT2D eigenvalue weighted by molar-refractivity contribution is 0.824. The summed E-state index contributed by atoms with van der Waals surface area (Å²) in [5.41, 5.74) is 3.72. The van der Waals surface area contributed by atoms with E-state index in [0.717, 1.165) is 22.8 Å². The van der Waals surface area contributed by atoms with Crippen LogP contribution in [0.3, 0.4) is 0 Å². The largest absolute Gasteiger partial charge is 0.412 e. The summed E-state index contributed by atoms with van der Waals surface area (Å²) >= 11 is 0. The third kappa shape index (κ3) is 3.15. The van der Waals surface area contributed by atoms with Gasteiger partial charge in [0.1, 0.15) is 0 Å². The molecule has 2 rings (SSSR count). The van der Waals surface area contributed by atoms with E-state index < -0.39 is 0 Å². The molecule has 0 unspecified atom stereocenters. The van der Waals surface area contributed by atoms with Crippen LogP contribution in [0.25, 0.3) is 0 Å². The van der Waals surface area contributed by atoms with Crippen molar-refractivity contribution in [3.8, 4) is 0 Å². The lowest BCUT2D eigenvalue weighted by Crippen LogP contribution is -1.97. The molecule has 0 radical (unpaired) electrons. The minimum absolute atomic E-state index is 0. The normalized spacial score (nSPS) is 12.4.